The van der Waals surface area contributed by atoms with Crippen molar-refractivity contribution in [3.8, 4) is 11.4 Å². The van der Waals surface area contributed by atoms with E-state index < -0.39 is 0 Å². The summed E-state index contributed by atoms with van der Waals surface area (Å²) in [6.07, 6.45) is 2.80. The van der Waals surface area contributed by atoms with Crippen molar-refractivity contribution in [3.05, 3.63) is 60.3 Å². The molecule has 1 aromatic heterocycles. The summed E-state index contributed by atoms with van der Waals surface area (Å²) < 4.78 is 5.34. The Bertz CT molecular complexity index is 1220. The topological polar surface area (TPSA) is 101 Å². The number of aliphatic hydroxyl groups is 1. The van der Waals surface area contributed by atoms with Crippen LogP contribution in [0, 0.1) is 5.41 Å². The molecular formula is C27H31N7O2. The molecule has 9 heteroatoms. The van der Waals surface area contributed by atoms with Gasteiger partial charge in [0.05, 0.1) is 25.4 Å². The van der Waals surface area contributed by atoms with Crippen LogP contribution < -0.4 is 15.1 Å². The molecule has 0 saturated carbocycles. The van der Waals surface area contributed by atoms with Gasteiger partial charge < -0.3 is 30.4 Å². The third-order valence-corrected chi connectivity index (χ3v) is 7.26. The number of hydrogen-bond donors (Lipinski definition) is 3. The number of rotatable bonds is 7. The van der Waals surface area contributed by atoms with E-state index in [9.17, 15) is 5.11 Å². The van der Waals surface area contributed by atoms with E-state index in [1.165, 1.54) is 11.9 Å². The summed E-state index contributed by atoms with van der Waals surface area (Å²) in [6.45, 7) is 7.19. The van der Waals surface area contributed by atoms with E-state index >= 15 is 0 Å². The Hall–Kier alpha value is -3.53. The van der Waals surface area contributed by atoms with Crippen LogP contribution in [0.4, 0.5) is 22.9 Å². The molecule has 2 aromatic carbocycles. The lowest BCUT2D eigenvalue weighted by Crippen LogP contribution is -2.56. The van der Waals surface area contributed by atoms with E-state index in [4.69, 9.17) is 15.1 Å². The first-order valence-corrected chi connectivity index (χ1v) is 12.5. The molecule has 0 atom stereocenters. The zero-order chi connectivity index (χ0) is 24.5. The van der Waals surface area contributed by atoms with Gasteiger partial charge in [-0.15, -0.1) is 0 Å². The molecule has 0 unspecified atom stereocenters. The van der Waals surface area contributed by atoms with Crippen molar-refractivity contribution in [2.75, 3.05) is 67.6 Å². The first-order chi connectivity index (χ1) is 17.7. The van der Waals surface area contributed by atoms with E-state index in [0.29, 0.717) is 25.0 Å². The summed E-state index contributed by atoms with van der Waals surface area (Å²) in [5.41, 5.74) is 4.80. The van der Waals surface area contributed by atoms with Gasteiger partial charge in [0.25, 0.3) is 0 Å². The van der Waals surface area contributed by atoms with Crippen LogP contribution in [-0.2, 0) is 4.74 Å². The number of anilines is 4. The van der Waals surface area contributed by atoms with Gasteiger partial charge in [-0.1, -0.05) is 0 Å². The molecule has 6 rings (SSSR count). The monoisotopic (exact) mass is 485 g/mol. The van der Waals surface area contributed by atoms with Crippen molar-refractivity contribution >= 4 is 29.1 Å². The van der Waals surface area contributed by atoms with E-state index in [-0.39, 0.29) is 6.10 Å². The van der Waals surface area contributed by atoms with Crippen LogP contribution in [0.3, 0.4) is 0 Å². The van der Waals surface area contributed by atoms with E-state index in [1.807, 2.05) is 24.3 Å². The lowest BCUT2D eigenvalue weighted by Gasteiger charge is -2.43. The number of ether oxygens (including phenoxy) is 1. The quantitative estimate of drug-likeness (QED) is 0.439. The van der Waals surface area contributed by atoms with E-state index in [2.05, 4.69) is 49.3 Å². The highest BCUT2D eigenvalue weighted by Crippen LogP contribution is 2.29. The lowest BCUT2D eigenvalue weighted by atomic mass is 10.0. The number of benzene rings is 2. The Kier molecular flexibility index (Phi) is 6.27. The Morgan fingerprint density at radius 2 is 1.75 bits per heavy atom. The smallest absolute Gasteiger partial charge is 0.161 e. The van der Waals surface area contributed by atoms with E-state index in [1.54, 1.807) is 6.20 Å². The molecule has 0 spiro atoms. The highest BCUT2D eigenvalue weighted by Gasteiger charge is 2.29. The molecule has 3 fully saturated rings. The summed E-state index contributed by atoms with van der Waals surface area (Å²) >= 11 is 0. The lowest BCUT2D eigenvalue weighted by molar-refractivity contribution is -0.0660. The molecule has 36 heavy (non-hydrogen) atoms. The van der Waals surface area contributed by atoms with Gasteiger partial charge in [0, 0.05) is 79.9 Å². The van der Waals surface area contributed by atoms with Gasteiger partial charge in [-0.2, -0.15) is 0 Å². The second-order valence-corrected chi connectivity index (χ2v) is 9.63. The predicted octanol–water partition coefficient (Wildman–Crippen LogP) is 2.59. The normalized spacial score (nSPS) is 19.0. The maximum absolute atomic E-state index is 9.61. The molecule has 0 amide bonds. The summed E-state index contributed by atoms with van der Waals surface area (Å²) in [5.74, 6) is 1.32. The van der Waals surface area contributed by atoms with E-state index in [0.717, 1.165) is 67.7 Å². The molecule has 0 bridgehead atoms. The van der Waals surface area contributed by atoms with Crippen molar-refractivity contribution in [1.29, 1.82) is 5.41 Å². The molecule has 3 aromatic rings. The zero-order valence-corrected chi connectivity index (χ0v) is 20.2. The Morgan fingerprint density at radius 3 is 2.42 bits per heavy atom. The Balaban J connectivity index is 1.11. The molecular weight excluding hydrogens is 454 g/mol. The summed E-state index contributed by atoms with van der Waals surface area (Å²) in [5, 5.41) is 20.8. The van der Waals surface area contributed by atoms with Crippen molar-refractivity contribution in [1.82, 2.24) is 14.9 Å². The van der Waals surface area contributed by atoms with Crippen LogP contribution >= 0.6 is 0 Å². The van der Waals surface area contributed by atoms with Gasteiger partial charge in [0.2, 0.25) is 0 Å². The van der Waals surface area contributed by atoms with Gasteiger partial charge in [0.15, 0.2) is 5.82 Å². The maximum atomic E-state index is 9.61. The summed E-state index contributed by atoms with van der Waals surface area (Å²) in [6, 6.07) is 16.8. The van der Waals surface area contributed by atoms with Crippen LogP contribution in [0.25, 0.3) is 11.4 Å². The number of nitrogens with zero attached hydrogens (tertiary/aromatic N) is 5. The Morgan fingerprint density at radius 1 is 0.972 bits per heavy atom. The molecule has 9 nitrogen and oxygen atoms in total. The molecule has 186 valence electrons. The van der Waals surface area contributed by atoms with Gasteiger partial charge >= 0.3 is 0 Å². The van der Waals surface area contributed by atoms with Crippen molar-refractivity contribution in [2.45, 2.75) is 12.1 Å². The van der Waals surface area contributed by atoms with Gasteiger partial charge in [-0.25, -0.2) is 9.97 Å². The van der Waals surface area contributed by atoms with Crippen LogP contribution in [0.15, 0.2) is 54.7 Å². The molecule has 0 aliphatic carbocycles. The number of nitrogens with one attached hydrogen (secondary N) is 2. The number of piperazine rings is 1. The summed E-state index contributed by atoms with van der Waals surface area (Å²) in [7, 11) is 0. The van der Waals surface area contributed by atoms with Crippen LogP contribution in [0.1, 0.15) is 5.56 Å². The third kappa shape index (κ3) is 4.65. The minimum absolute atomic E-state index is 0.291. The van der Waals surface area contributed by atoms with Crippen LogP contribution in [0.2, 0.25) is 0 Å². The number of β-amino-alcohol motifs (C(OH)–C–C–N with tert-alkyl or cyclic N) is 1. The average molecular weight is 486 g/mol. The van der Waals surface area contributed by atoms with Crippen molar-refractivity contribution in [3.63, 3.8) is 0 Å². The number of hydrogen-bond acceptors (Lipinski definition) is 9. The van der Waals surface area contributed by atoms with Crippen molar-refractivity contribution in [2.24, 2.45) is 0 Å². The van der Waals surface area contributed by atoms with Crippen molar-refractivity contribution < 1.29 is 9.84 Å². The molecule has 4 heterocycles. The first-order valence-electron chi connectivity index (χ1n) is 12.5. The molecule has 0 radical (unpaired) electrons. The van der Waals surface area contributed by atoms with Crippen LogP contribution in [0.5, 0.6) is 0 Å². The largest absolute Gasteiger partial charge is 0.389 e. The minimum atomic E-state index is -0.291. The fourth-order valence-electron chi connectivity index (χ4n) is 5.00. The highest BCUT2D eigenvalue weighted by atomic mass is 16.5. The fourth-order valence-corrected chi connectivity index (χ4v) is 5.00. The first kappa shape index (κ1) is 22.9. The zero-order valence-electron chi connectivity index (χ0n) is 20.2. The van der Waals surface area contributed by atoms with Gasteiger partial charge in [-0.05, 0) is 48.5 Å². The summed E-state index contributed by atoms with van der Waals surface area (Å²) in [4.78, 5) is 16.2. The average Bonchev–Trinajstić information content (AvgIpc) is 2.87. The number of aromatic nitrogens is 2. The molecule has 3 aliphatic rings. The third-order valence-electron chi connectivity index (χ3n) is 7.26. The fraction of sp³-hybridized carbons (Fsp3) is 0.370. The molecule has 3 saturated heterocycles. The van der Waals surface area contributed by atoms with Gasteiger partial charge in [-0.3, -0.25) is 4.90 Å². The highest BCUT2D eigenvalue weighted by molar-refractivity contribution is 5.88. The van der Waals surface area contributed by atoms with Gasteiger partial charge in [0.1, 0.15) is 5.82 Å². The second kappa shape index (κ2) is 9.85. The number of aliphatic hydroxyl groups excluding tert-OH is 1. The minimum Gasteiger partial charge on any atom is -0.389 e. The SMILES string of the molecule is N=Cc1cc(-c2nccc(Nc3ccc(N4CCN(C5COC5)CC4)cc3)n2)ccc1N1CC(O)C1. The standard InChI is InChI=1S/C27H31N7O2/c28-14-20-13-19(1-6-25(20)34-15-24(35)16-34)27-29-8-7-26(31-27)30-21-2-4-22(5-3-21)32-9-11-33(12-10-32)23-17-36-18-23/h1-8,13-14,23-24,28,35H,9-12,15-18H2,(H,29,30,31). The second-order valence-electron chi connectivity index (χ2n) is 9.63. The Labute approximate surface area is 210 Å². The van der Waals surface area contributed by atoms with Crippen LogP contribution in [-0.4, -0.2) is 90.8 Å². The molecule has 3 aliphatic heterocycles. The predicted molar refractivity (Wildman–Crippen MR) is 142 cm³/mol. The maximum Gasteiger partial charge on any atom is 0.161 e. The molecule has 3 N–H and O–H groups in total.